The molecule has 0 bridgehead atoms. The van der Waals surface area contributed by atoms with E-state index in [1.165, 1.54) is 6.07 Å². The second kappa shape index (κ2) is 5.35. The summed E-state index contributed by atoms with van der Waals surface area (Å²) in [4.78, 5) is 23.3. The Morgan fingerprint density at radius 1 is 1.35 bits per heavy atom. The number of rotatable bonds is 3. The molecule has 0 amide bonds. The number of aliphatic carboxylic acids is 1. The molecule has 1 N–H and O–H groups in total. The fourth-order valence-corrected chi connectivity index (χ4v) is 3.11. The number of carboxylic acid groups (broad SMARTS) is 1. The van der Waals surface area contributed by atoms with Crippen LogP contribution in [0.4, 0.5) is 4.39 Å². The summed E-state index contributed by atoms with van der Waals surface area (Å²) in [6.45, 7) is 3.58. The minimum Gasteiger partial charge on any atom is -0.481 e. The quantitative estimate of drug-likeness (QED) is 0.924. The Balaban J connectivity index is 2.61. The number of hydrogen-bond donors (Lipinski definition) is 1. The van der Waals surface area contributed by atoms with E-state index in [4.69, 9.17) is 0 Å². The number of carbonyl (C=O) groups is 2. The van der Waals surface area contributed by atoms with Gasteiger partial charge in [0.15, 0.2) is 0 Å². The van der Waals surface area contributed by atoms with Crippen molar-refractivity contribution in [3.8, 4) is 0 Å². The molecule has 4 heteroatoms. The number of hydrogen-bond acceptors (Lipinski definition) is 2. The molecule has 0 heterocycles. The van der Waals surface area contributed by atoms with E-state index in [1.54, 1.807) is 13.0 Å². The van der Waals surface area contributed by atoms with E-state index in [0.717, 1.165) is 0 Å². The summed E-state index contributed by atoms with van der Waals surface area (Å²) < 4.78 is 14.1. The summed E-state index contributed by atoms with van der Waals surface area (Å²) in [5, 5.41) is 9.70. The number of carboxylic acids is 1. The number of halogens is 1. The van der Waals surface area contributed by atoms with Crippen molar-refractivity contribution in [2.24, 2.45) is 0 Å². The van der Waals surface area contributed by atoms with Crippen LogP contribution in [0.5, 0.6) is 0 Å². The fourth-order valence-electron chi connectivity index (χ4n) is 3.11. The van der Waals surface area contributed by atoms with Crippen LogP contribution in [-0.2, 0) is 21.4 Å². The molecule has 20 heavy (non-hydrogen) atoms. The minimum atomic E-state index is -1.12. The molecule has 0 saturated heterocycles. The zero-order valence-electron chi connectivity index (χ0n) is 11.8. The molecule has 1 aromatic carbocycles. The summed E-state index contributed by atoms with van der Waals surface area (Å²) in [6, 6.07) is 3.21. The summed E-state index contributed by atoms with van der Waals surface area (Å²) in [5.74, 6) is -1.21. The van der Waals surface area contributed by atoms with E-state index in [0.29, 0.717) is 23.1 Å². The van der Waals surface area contributed by atoms with E-state index >= 15 is 0 Å². The van der Waals surface area contributed by atoms with Gasteiger partial charge in [-0.1, -0.05) is 13.0 Å². The second-order valence-electron chi connectivity index (χ2n) is 5.55. The molecule has 1 aliphatic rings. The predicted octanol–water partition coefficient (Wildman–Crippen LogP) is 3.16. The number of ketones is 1. The average molecular weight is 278 g/mol. The molecule has 0 spiro atoms. The summed E-state index contributed by atoms with van der Waals surface area (Å²) in [5.41, 5.74) is 0.614. The Labute approximate surface area is 117 Å². The van der Waals surface area contributed by atoms with Gasteiger partial charge < -0.3 is 5.11 Å². The maximum Gasteiger partial charge on any atom is 0.314 e. The summed E-state index contributed by atoms with van der Waals surface area (Å²) >= 11 is 0. The lowest BCUT2D eigenvalue weighted by atomic mass is 9.67. The van der Waals surface area contributed by atoms with Crippen LogP contribution in [0.3, 0.4) is 0 Å². The van der Waals surface area contributed by atoms with Gasteiger partial charge in [0, 0.05) is 12.8 Å². The lowest BCUT2D eigenvalue weighted by Gasteiger charge is -2.35. The van der Waals surface area contributed by atoms with Gasteiger partial charge in [-0.15, -0.1) is 0 Å². The zero-order valence-corrected chi connectivity index (χ0v) is 11.8. The Morgan fingerprint density at radius 3 is 2.45 bits per heavy atom. The Bertz CT molecular complexity index is 553. The minimum absolute atomic E-state index is 0.0908. The van der Waals surface area contributed by atoms with Crippen molar-refractivity contribution >= 4 is 11.8 Å². The molecule has 0 atom stereocenters. The molecule has 1 aliphatic carbocycles. The van der Waals surface area contributed by atoms with E-state index in [-0.39, 0.29) is 37.3 Å². The maximum absolute atomic E-state index is 14.1. The Morgan fingerprint density at radius 2 is 1.95 bits per heavy atom. The van der Waals surface area contributed by atoms with Gasteiger partial charge in [-0.05, 0) is 48.9 Å². The van der Waals surface area contributed by atoms with E-state index in [1.807, 2.05) is 6.92 Å². The molecule has 0 aliphatic heterocycles. The Hall–Kier alpha value is -1.71. The van der Waals surface area contributed by atoms with Crippen LogP contribution >= 0.6 is 0 Å². The largest absolute Gasteiger partial charge is 0.481 e. The lowest BCUT2D eigenvalue weighted by Crippen LogP contribution is -2.40. The zero-order chi connectivity index (χ0) is 14.9. The number of benzene rings is 1. The second-order valence-corrected chi connectivity index (χ2v) is 5.55. The van der Waals surface area contributed by atoms with Gasteiger partial charge in [0.25, 0.3) is 0 Å². The third-order valence-corrected chi connectivity index (χ3v) is 4.28. The van der Waals surface area contributed by atoms with Gasteiger partial charge in [-0.2, -0.15) is 0 Å². The normalized spacial score (nSPS) is 18.1. The fraction of sp³-hybridized carbons (Fsp3) is 0.500. The summed E-state index contributed by atoms with van der Waals surface area (Å²) in [6.07, 6.45) is 1.48. The van der Waals surface area contributed by atoms with Crippen LogP contribution in [0.25, 0.3) is 0 Å². The molecule has 3 nitrogen and oxygen atoms in total. The number of aryl methyl sites for hydroxylation is 1. The van der Waals surface area contributed by atoms with Crippen molar-refractivity contribution in [2.45, 2.75) is 51.4 Å². The van der Waals surface area contributed by atoms with Crippen LogP contribution in [0.1, 0.15) is 49.3 Å². The van der Waals surface area contributed by atoms with E-state index in [9.17, 15) is 19.1 Å². The highest BCUT2D eigenvalue weighted by Gasteiger charge is 2.44. The first-order valence-corrected chi connectivity index (χ1v) is 6.95. The lowest BCUT2D eigenvalue weighted by molar-refractivity contribution is -0.146. The monoisotopic (exact) mass is 278 g/mol. The first kappa shape index (κ1) is 14.7. The predicted molar refractivity (Wildman–Crippen MR) is 73.3 cm³/mol. The molecule has 0 radical (unpaired) electrons. The Kier molecular flexibility index (Phi) is 3.93. The van der Waals surface area contributed by atoms with Crippen LogP contribution in [0.15, 0.2) is 12.1 Å². The number of Topliss-reactive ketones (excluding diaryl/α,β-unsaturated/α-hetero) is 1. The topological polar surface area (TPSA) is 54.4 Å². The van der Waals surface area contributed by atoms with Gasteiger partial charge in [0.05, 0.1) is 5.41 Å². The van der Waals surface area contributed by atoms with Crippen molar-refractivity contribution in [1.29, 1.82) is 0 Å². The molecule has 1 saturated carbocycles. The SMILES string of the molecule is CCc1c(F)cc(C)cc1C1(C(=O)O)CCC(=O)CC1. The van der Waals surface area contributed by atoms with Crippen molar-refractivity contribution in [3.05, 3.63) is 34.6 Å². The average Bonchev–Trinajstić information content (AvgIpc) is 2.38. The van der Waals surface area contributed by atoms with Gasteiger partial charge >= 0.3 is 5.97 Å². The molecular weight excluding hydrogens is 259 g/mol. The highest BCUT2D eigenvalue weighted by molar-refractivity contribution is 5.88. The highest BCUT2D eigenvalue weighted by atomic mass is 19.1. The molecule has 108 valence electrons. The van der Waals surface area contributed by atoms with E-state index in [2.05, 4.69) is 0 Å². The third-order valence-electron chi connectivity index (χ3n) is 4.28. The van der Waals surface area contributed by atoms with Crippen LogP contribution in [0, 0.1) is 12.7 Å². The molecular formula is C16H19FO3. The molecule has 1 aromatic rings. The van der Waals surface area contributed by atoms with Crippen molar-refractivity contribution in [1.82, 2.24) is 0 Å². The maximum atomic E-state index is 14.1. The van der Waals surface area contributed by atoms with Crippen LogP contribution in [0.2, 0.25) is 0 Å². The van der Waals surface area contributed by atoms with Crippen molar-refractivity contribution in [2.75, 3.05) is 0 Å². The van der Waals surface area contributed by atoms with Gasteiger partial charge in [-0.25, -0.2) is 4.39 Å². The first-order chi connectivity index (χ1) is 9.40. The summed E-state index contributed by atoms with van der Waals surface area (Å²) in [7, 11) is 0. The smallest absolute Gasteiger partial charge is 0.314 e. The highest BCUT2D eigenvalue weighted by Crippen LogP contribution is 2.41. The first-order valence-electron chi connectivity index (χ1n) is 6.95. The molecule has 2 rings (SSSR count). The van der Waals surface area contributed by atoms with Crippen molar-refractivity contribution < 1.29 is 19.1 Å². The third kappa shape index (κ3) is 2.35. The van der Waals surface area contributed by atoms with Crippen molar-refractivity contribution in [3.63, 3.8) is 0 Å². The van der Waals surface area contributed by atoms with Gasteiger partial charge in [-0.3, -0.25) is 9.59 Å². The van der Waals surface area contributed by atoms with E-state index < -0.39 is 11.4 Å². The standard InChI is InChI=1S/C16H19FO3/c1-3-12-13(8-10(2)9-14(12)17)16(15(19)20)6-4-11(18)5-7-16/h8-9H,3-7H2,1-2H3,(H,19,20). The van der Waals surface area contributed by atoms with Crippen LogP contribution < -0.4 is 0 Å². The number of carbonyl (C=O) groups excluding carboxylic acids is 1. The molecule has 0 aromatic heterocycles. The van der Waals surface area contributed by atoms with Gasteiger partial charge in [0.2, 0.25) is 0 Å². The molecule has 0 unspecified atom stereocenters. The molecule has 1 fully saturated rings. The van der Waals surface area contributed by atoms with Crippen LogP contribution in [-0.4, -0.2) is 16.9 Å². The van der Waals surface area contributed by atoms with Gasteiger partial charge in [0.1, 0.15) is 11.6 Å².